The van der Waals surface area contributed by atoms with Gasteiger partial charge >= 0.3 is 0 Å². The first kappa shape index (κ1) is 30.1. The molecule has 2 fully saturated rings. The maximum absolute atomic E-state index is 13.9. The van der Waals surface area contributed by atoms with E-state index in [4.69, 9.17) is 9.84 Å². The molecule has 1 N–H and O–H groups in total. The molecule has 2 aromatic heterocycles. The number of hydrogen-bond acceptors (Lipinski definition) is 5. The van der Waals surface area contributed by atoms with Crippen molar-refractivity contribution in [1.29, 1.82) is 0 Å². The number of rotatable bonds is 8. The first-order chi connectivity index (χ1) is 23.5. The molecule has 2 saturated heterocycles. The first-order valence-electron chi connectivity index (χ1n) is 16.9. The Kier molecular flexibility index (Phi) is 7.57. The molecule has 240 valence electrons. The minimum absolute atomic E-state index is 0.0190. The van der Waals surface area contributed by atoms with Crippen molar-refractivity contribution in [1.82, 2.24) is 20.1 Å². The summed E-state index contributed by atoms with van der Waals surface area (Å²) in [4.78, 5) is 20.5. The third kappa shape index (κ3) is 4.88. The normalized spacial score (nSPS) is 18.0. The Morgan fingerprint density at radius 3 is 2.00 bits per heavy atom. The molecule has 1 unspecified atom stereocenters. The lowest BCUT2D eigenvalue weighted by molar-refractivity contribution is -0.124. The van der Waals surface area contributed by atoms with Gasteiger partial charge in [0.1, 0.15) is 11.2 Å². The van der Waals surface area contributed by atoms with Crippen LogP contribution in [0.2, 0.25) is 0 Å². The smallest absolute Gasteiger partial charge is 0.234 e. The minimum atomic E-state index is -0.807. The topological polar surface area (TPSA) is 72.3 Å². The number of benzene rings is 4. The fourth-order valence-electron chi connectivity index (χ4n) is 7.69. The van der Waals surface area contributed by atoms with Crippen LogP contribution in [0.4, 0.5) is 5.69 Å². The monoisotopic (exact) mass is 633 g/mol. The summed E-state index contributed by atoms with van der Waals surface area (Å²) in [6, 6.07) is 42.1. The second kappa shape index (κ2) is 12.1. The van der Waals surface area contributed by atoms with Crippen molar-refractivity contribution in [3.8, 4) is 17.1 Å². The Bertz CT molecular complexity index is 1950. The molecule has 6 aromatic rings. The number of aromatic nitrogens is 3. The van der Waals surface area contributed by atoms with Crippen molar-refractivity contribution in [2.45, 2.75) is 38.3 Å². The fraction of sp³-hybridized carbons (Fsp3) is 0.244. The van der Waals surface area contributed by atoms with Crippen LogP contribution in [0.1, 0.15) is 43.4 Å². The lowest BCUT2D eigenvalue weighted by atomic mass is 9.77. The number of carbonyl (C=O) groups is 1. The highest BCUT2D eigenvalue weighted by atomic mass is 16.5. The predicted octanol–water partition coefficient (Wildman–Crippen LogP) is 7.44. The van der Waals surface area contributed by atoms with E-state index in [1.807, 2.05) is 37.1 Å². The summed E-state index contributed by atoms with van der Waals surface area (Å²) >= 11 is 0. The Morgan fingerprint density at radius 2 is 1.46 bits per heavy atom. The van der Waals surface area contributed by atoms with Crippen molar-refractivity contribution in [3.05, 3.63) is 144 Å². The highest BCUT2D eigenvalue weighted by Crippen LogP contribution is 2.46. The molecule has 0 aliphatic carbocycles. The molecule has 7 heteroatoms. The molecule has 0 saturated carbocycles. The van der Waals surface area contributed by atoms with Crippen LogP contribution in [0.3, 0.4) is 0 Å². The standard InChI is InChI=1S/C41H39N5O2/c1-29(2)48-37-21-18-30(27-43-37)38-35-26-34(45-25-23-40(39(45)47)22-24-42-28-40)19-20-36(35)46(44-38)41(31-12-6-3-7-13-31,32-14-8-4-9-15-32)33-16-10-5-11-17-33/h3-21,26-27,29,42H,22-25,28H2,1-2H3. The predicted molar refractivity (Wildman–Crippen MR) is 190 cm³/mol. The van der Waals surface area contributed by atoms with Gasteiger partial charge in [0, 0.05) is 42.0 Å². The van der Waals surface area contributed by atoms with Crippen molar-refractivity contribution < 1.29 is 9.53 Å². The van der Waals surface area contributed by atoms with Gasteiger partial charge in [-0.25, -0.2) is 9.67 Å². The summed E-state index contributed by atoms with van der Waals surface area (Å²) in [7, 11) is 0. The second-order valence-corrected chi connectivity index (χ2v) is 13.2. The minimum Gasteiger partial charge on any atom is -0.475 e. The van der Waals surface area contributed by atoms with Gasteiger partial charge < -0.3 is 15.0 Å². The van der Waals surface area contributed by atoms with Crippen molar-refractivity contribution in [2.24, 2.45) is 5.41 Å². The molecule has 4 aromatic carbocycles. The molecule has 0 radical (unpaired) electrons. The van der Waals surface area contributed by atoms with Gasteiger partial charge in [-0.05, 0) is 74.2 Å². The molecular weight excluding hydrogens is 594 g/mol. The van der Waals surface area contributed by atoms with Crippen LogP contribution in [0.5, 0.6) is 5.88 Å². The number of anilines is 1. The lowest BCUT2D eigenvalue weighted by Crippen LogP contribution is -2.38. The zero-order valence-electron chi connectivity index (χ0n) is 27.3. The van der Waals surface area contributed by atoms with Gasteiger partial charge in [-0.2, -0.15) is 5.10 Å². The maximum atomic E-state index is 13.9. The number of fused-ring (bicyclic) bond motifs is 1. The van der Waals surface area contributed by atoms with Crippen LogP contribution in [-0.2, 0) is 10.3 Å². The highest BCUT2D eigenvalue weighted by Gasteiger charge is 2.49. The molecule has 1 spiro atoms. The molecule has 0 bridgehead atoms. The van der Waals surface area contributed by atoms with Crippen molar-refractivity contribution in [2.75, 3.05) is 24.5 Å². The summed E-state index contributed by atoms with van der Waals surface area (Å²) in [6.45, 7) is 6.33. The van der Waals surface area contributed by atoms with Gasteiger partial charge in [0.15, 0.2) is 0 Å². The third-order valence-corrected chi connectivity index (χ3v) is 9.99. The van der Waals surface area contributed by atoms with Gasteiger partial charge in [0.2, 0.25) is 11.8 Å². The molecule has 48 heavy (non-hydrogen) atoms. The summed E-state index contributed by atoms with van der Waals surface area (Å²) in [6.07, 6.45) is 3.61. The number of carbonyl (C=O) groups excluding carboxylic acids is 1. The number of nitrogens with zero attached hydrogens (tertiary/aromatic N) is 4. The van der Waals surface area contributed by atoms with E-state index < -0.39 is 5.54 Å². The summed E-state index contributed by atoms with van der Waals surface area (Å²) in [5, 5.41) is 9.91. The molecule has 2 aliphatic heterocycles. The van der Waals surface area contributed by atoms with E-state index in [9.17, 15) is 4.79 Å². The fourth-order valence-corrected chi connectivity index (χ4v) is 7.69. The van der Waals surface area contributed by atoms with E-state index in [0.29, 0.717) is 12.4 Å². The number of amides is 1. The second-order valence-electron chi connectivity index (χ2n) is 13.2. The van der Waals surface area contributed by atoms with Gasteiger partial charge in [-0.1, -0.05) is 91.0 Å². The van der Waals surface area contributed by atoms with Gasteiger partial charge in [0.25, 0.3) is 0 Å². The van der Waals surface area contributed by atoms with Crippen LogP contribution >= 0.6 is 0 Å². The van der Waals surface area contributed by atoms with E-state index in [-0.39, 0.29) is 17.4 Å². The summed E-state index contributed by atoms with van der Waals surface area (Å²) in [5.41, 5.74) is 5.68. The Labute approximate surface area is 281 Å². The number of nitrogens with one attached hydrogen (secondary N) is 1. The Balaban J connectivity index is 1.40. The molecule has 1 amide bonds. The quantitative estimate of drug-likeness (QED) is 0.177. The van der Waals surface area contributed by atoms with Gasteiger partial charge in [-0.15, -0.1) is 0 Å². The van der Waals surface area contributed by atoms with E-state index in [2.05, 4.69) is 124 Å². The van der Waals surface area contributed by atoms with E-state index in [0.717, 1.165) is 70.5 Å². The van der Waals surface area contributed by atoms with Crippen molar-refractivity contribution >= 4 is 22.5 Å². The maximum Gasteiger partial charge on any atom is 0.234 e. The average Bonchev–Trinajstić information content (AvgIpc) is 3.85. The van der Waals surface area contributed by atoms with Crippen LogP contribution < -0.4 is 15.0 Å². The number of pyridine rings is 1. The Morgan fingerprint density at radius 1 is 0.812 bits per heavy atom. The molecule has 4 heterocycles. The zero-order valence-corrected chi connectivity index (χ0v) is 27.3. The average molecular weight is 634 g/mol. The zero-order chi connectivity index (χ0) is 32.7. The van der Waals surface area contributed by atoms with Crippen molar-refractivity contribution in [3.63, 3.8) is 0 Å². The number of hydrogen-bond donors (Lipinski definition) is 1. The first-order valence-corrected chi connectivity index (χ1v) is 16.9. The largest absolute Gasteiger partial charge is 0.475 e. The van der Waals surface area contributed by atoms with Crippen LogP contribution in [0.25, 0.3) is 22.2 Å². The van der Waals surface area contributed by atoms with Crippen LogP contribution in [0.15, 0.2) is 128 Å². The van der Waals surface area contributed by atoms with Crippen LogP contribution in [0, 0.1) is 5.41 Å². The highest BCUT2D eigenvalue weighted by molar-refractivity contribution is 6.03. The Hall–Kier alpha value is -5.27. The summed E-state index contributed by atoms with van der Waals surface area (Å²) in [5.74, 6) is 0.786. The SMILES string of the molecule is CC(C)Oc1ccc(-c2nn(C(c3ccccc3)(c3ccccc3)c3ccccc3)c3ccc(N4CCC5(CCNC5)C4=O)cc23)cn1. The summed E-state index contributed by atoms with van der Waals surface area (Å²) < 4.78 is 8.06. The third-order valence-electron chi connectivity index (χ3n) is 9.99. The molecule has 8 rings (SSSR count). The molecule has 7 nitrogen and oxygen atoms in total. The number of ether oxygens (including phenoxy) is 1. The van der Waals surface area contributed by atoms with E-state index >= 15 is 0 Å². The molecular formula is C41H39N5O2. The van der Waals surface area contributed by atoms with Crippen LogP contribution in [-0.4, -0.2) is 46.4 Å². The molecule has 1 atom stereocenters. The van der Waals surface area contributed by atoms with Gasteiger partial charge in [-0.3, -0.25) is 4.79 Å². The molecule has 2 aliphatic rings. The van der Waals surface area contributed by atoms with E-state index in [1.165, 1.54) is 0 Å². The van der Waals surface area contributed by atoms with E-state index in [1.54, 1.807) is 0 Å². The lowest BCUT2D eigenvalue weighted by Gasteiger charge is -2.37. The van der Waals surface area contributed by atoms with Gasteiger partial charge in [0.05, 0.1) is 17.0 Å².